The van der Waals surface area contributed by atoms with Gasteiger partial charge in [0.2, 0.25) is 0 Å². The van der Waals surface area contributed by atoms with Crippen molar-refractivity contribution in [2.24, 2.45) is 0 Å². The Labute approximate surface area is 45.1 Å². The molecule has 0 N–H and O–H groups in total. The first-order valence-electron chi connectivity index (χ1n) is 2.42. The predicted molar refractivity (Wildman–Crippen MR) is 22.2 cm³/mol. The SMILES string of the molecule is FC(F)(F)N1CCC1. The number of nitrogens with zero attached hydrogens (tertiary/aromatic N) is 1. The molecular formula is C4H6F3N. The number of likely N-dealkylation sites (tertiary alicyclic amines) is 1. The molecule has 1 nitrogen and oxygen atoms in total. The summed E-state index contributed by atoms with van der Waals surface area (Å²) in [5, 5.41) is 0. The van der Waals surface area contributed by atoms with E-state index in [1.807, 2.05) is 0 Å². The van der Waals surface area contributed by atoms with Crippen LogP contribution in [0.3, 0.4) is 0 Å². The Morgan fingerprint density at radius 1 is 1.12 bits per heavy atom. The molecule has 0 spiro atoms. The average Bonchev–Trinajstić information content (AvgIpc) is 1.16. The fraction of sp³-hybridized carbons (Fsp3) is 1.00. The monoisotopic (exact) mass is 125 g/mol. The van der Waals surface area contributed by atoms with Crippen LogP contribution in [0.5, 0.6) is 0 Å². The summed E-state index contributed by atoms with van der Waals surface area (Å²) in [5.74, 6) is 0. The average molecular weight is 125 g/mol. The molecule has 1 heterocycles. The molecule has 0 aromatic heterocycles. The number of hydrogen-bond donors (Lipinski definition) is 0. The largest absolute Gasteiger partial charge is 0.459 e. The summed E-state index contributed by atoms with van der Waals surface area (Å²) < 4.78 is 34.3. The van der Waals surface area contributed by atoms with E-state index in [2.05, 4.69) is 0 Å². The molecule has 0 unspecified atom stereocenters. The summed E-state index contributed by atoms with van der Waals surface area (Å²) in [6.45, 7) is 0.368. The van der Waals surface area contributed by atoms with Gasteiger partial charge in [0.05, 0.1) is 0 Å². The van der Waals surface area contributed by atoms with Crippen LogP contribution in [0.25, 0.3) is 0 Å². The minimum atomic E-state index is -4.07. The second-order valence-corrected chi connectivity index (χ2v) is 1.81. The smallest absolute Gasteiger partial charge is 0.214 e. The summed E-state index contributed by atoms with van der Waals surface area (Å²) in [7, 11) is 0. The van der Waals surface area contributed by atoms with Gasteiger partial charge >= 0.3 is 6.30 Å². The van der Waals surface area contributed by atoms with Crippen LogP contribution in [-0.2, 0) is 0 Å². The van der Waals surface area contributed by atoms with Crippen molar-refractivity contribution in [2.75, 3.05) is 13.1 Å². The molecule has 1 rings (SSSR count). The van der Waals surface area contributed by atoms with Crippen LogP contribution < -0.4 is 0 Å². The molecule has 1 aliphatic heterocycles. The fourth-order valence-corrected chi connectivity index (χ4v) is 0.570. The Kier molecular flexibility index (Phi) is 1.19. The van der Waals surface area contributed by atoms with E-state index < -0.39 is 6.30 Å². The lowest BCUT2D eigenvalue weighted by atomic mass is 10.2. The van der Waals surface area contributed by atoms with Gasteiger partial charge in [0, 0.05) is 13.1 Å². The maximum absolute atomic E-state index is 11.4. The molecule has 0 aromatic carbocycles. The number of rotatable bonds is 0. The molecule has 1 saturated heterocycles. The zero-order chi connectivity index (χ0) is 6.20. The van der Waals surface area contributed by atoms with Gasteiger partial charge in [-0.05, 0) is 6.42 Å². The molecule has 1 fully saturated rings. The van der Waals surface area contributed by atoms with Crippen LogP contribution in [0.15, 0.2) is 0 Å². The van der Waals surface area contributed by atoms with Gasteiger partial charge in [-0.25, -0.2) is 4.90 Å². The highest BCUT2D eigenvalue weighted by molar-refractivity contribution is 4.69. The molecular weight excluding hydrogens is 119 g/mol. The van der Waals surface area contributed by atoms with E-state index in [9.17, 15) is 13.2 Å². The molecule has 4 heteroatoms. The van der Waals surface area contributed by atoms with Gasteiger partial charge in [0.1, 0.15) is 0 Å². The molecule has 0 saturated carbocycles. The van der Waals surface area contributed by atoms with E-state index in [1.165, 1.54) is 0 Å². The summed E-state index contributed by atoms with van der Waals surface area (Å²) in [6, 6.07) is 0. The van der Waals surface area contributed by atoms with Crippen molar-refractivity contribution in [2.45, 2.75) is 12.7 Å². The minimum Gasteiger partial charge on any atom is -0.214 e. The first kappa shape index (κ1) is 5.88. The van der Waals surface area contributed by atoms with Gasteiger partial charge < -0.3 is 0 Å². The Balaban J connectivity index is 2.34. The third-order valence-electron chi connectivity index (χ3n) is 1.21. The van der Waals surface area contributed by atoms with Crippen LogP contribution in [0.2, 0.25) is 0 Å². The predicted octanol–water partition coefficient (Wildman–Crippen LogP) is 1.21. The Hall–Kier alpha value is -0.250. The maximum Gasteiger partial charge on any atom is 0.459 e. The molecule has 48 valence electrons. The molecule has 0 bridgehead atoms. The lowest BCUT2D eigenvalue weighted by Crippen LogP contribution is -2.47. The lowest BCUT2D eigenvalue weighted by Gasteiger charge is -2.31. The number of hydrogen-bond acceptors (Lipinski definition) is 1. The molecule has 0 radical (unpaired) electrons. The van der Waals surface area contributed by atoms with E-state index in [4.69, 9.17) is 0 Å². The maximum atomic E-state index is 11.4. The minimum absolute atomic E-state index is 0.184. The molecule has 0 aliphatic carbocycles. The number of alkyl halides is 3. The van der Waals surface area contributed by atoms with Gasteiger partial charge in [-0.2, -0.15) is 13.2 Å². The molecule has 0 atom stereocenters. The summed E-state index contributed by atoms with van der Waals surface area (Å²) in [6.07, 6.45) is -3.39. The zero-order valence-corrected chi connectivity index (χ0v) is 4.20. The highest BCUT2D eigenvalue weighted by Crippen LogP contribution is 2.25. The molecule has 8 heavy (non-hydrogen) atoms. The molecule has 0 aromatic rings. The van der Waals surface area contributed by atoms with E-state index >= 15 is 0 Å². The highest BCUT2D eigenvalue weighted by atomic mass is 19.4. The molecule has 1 aliphatic rings. The van der Waals surface area contributed by atoms with Crippen molar-refractivity contribution in [1.29, 1.82) is 0 Å². The zero-order valence-electron chi connectivity index (χ0n) is 4.20. The van der Waals surface area contributed by atoms with Crippen molar-refractivity contribution < 1.29 is 13.2 Å². The Bertz CT molecular complexity index is 83.8. The van der Waals surface area contributed by atoms with Crippen LogP contribution in [0, 0.1) is 0 Å². The number of halogens is 3. The van der Waals surface area contributed by atoms with E-state index in [0.29, 0.717) is 11.3 Å². The van der Waals surface area contributed by atoms with Crippen LogP contribution >= 0.6 is 0 Å². The van der Waals surface area contributed by atoms with Crippen molar-refractivity contribution in [1.82, 2.24) is 4.90 Å². The van der Waals surface area contributed by atoms with Crippen molar-refractivity contribution in [3.8, 4) is 0 Å². The van der Waals surface area contributed by atoms with Crippen LogP contribution in [0.4, 0.5) is 13.2 Å². The van der Waals surface area contributed by atoms with E-state index in [-0.39, 0.29) is 13.1 Å². The molecule has 0 amide bonds. The van der Waals surface area contributed by atoms with Gasteiger partial charge in [-0.1, -0.05) is 0 Å². The standard InChI is InChI=1S/C4H6F3N/c5-4(6,7)8-2-1-3-8/h1-3H2. The van der Waals surface area contributed by atoms with Gasteiger partial charge in [0.15, 0.2) is 0 Å². The normalized spacial score (nSPS) is 22.9. The van der Waals surface area contributed by atoms with Crippen molar-refractivity contribution in [3.05, 3.63) is 0 Å². The van der Waals surface area contributed by atoms with Crippen molar-refractivity contribution >= 4 is 0 Å². The second kappa shape index (κ2) is 1.62. The first-order chi connectivity index (χ1) is 3.61. The third-order valence-corrected chi connectivity index (χ3v) is 1.21. The summed E-state index contributed by atoms with van der Waals surface area (Å²) in [4.78, 5) is 0.493. The van der Waals surface area contributed by atoms with Gasteiger partial charge in [0.25, 0.3) is 0 Å². The van der Waals surface area contributed by atoms with Crippen molar-refractivity contribution in [3.63, 3.8) is 0 Å². The van der Waals surface area contributed by atoms with E-state index in [1.54, 1.807) is 0 Å². The van der Waals surface area contributed by atoms with Crippen LogP contribution in [0.1, 0.15) is 6.42 Å². The van der Waals surface area contributed by atoms with Gasteiger partial charge in [-0.15, -0.1) is 0 Å². The second-order valence-electron chi connectivity index (χ2n) is 1.81. The van der Waals surface area contributed by atoms with E-state index in [0.717, 1.165) is 0 Å². The quantitative estimate of drug-likeness (QED) is 0.440. The highest BCUT2D eigenvalue weighted by Gasteiger charge is 2.40. The fourth-order valence-electron chi connectivity index (χ4n) is 0.570. The van der Waals surface area contributed by atoms with Crippen LogP contribution in [-0.4, -0.2) is 24.3 Å². The third kappa shape index (κ3) is 0.940. The topological polar surface area (TPSA) is 3.24 Å². The Morgan fingerprint density at radius 2 is 1.62 bits per heavy atom. The first-order valence-corrected chi connectivity index (χ1v) is 2.42. The van der Waals surface area contributed by atoms with Gasteiger partial charge in [-0.3, -0.25) is 0 Å². The lowest BCUT2D eigenvalue weighted by molar-refractivity contribution is -0.263. The Morgan fingerprint density at radius 3 is 1.62 bits per heavy atom. The summed E-state index contributed by atoms with van der Waals surface area (Å²) in [5.41, 5.74) is 0. The summed E-state index contributed by atoms with van der Waals surface area (Å²) >= 11 is 0.